The number of carboxylic acids is 1. The standard InChI is InChI=1S/C16H19NO4/c1-21-13-4-2-3-11(7-13)14(18)9-17-6-5-12-8-16(12,10-17)15(19)20/h2-4,7,12H,5-6,8-10H2,1H3,(H,19,20). The summed E-state index contributed by atoms with van der Waals surface area (Å²) in [7, 11) is 1.57. The van der Waals surface area contributed by atoms with E-state index in [1.807, 2.05) is 4.90 Å². The Morgan fingerprint density at radius 1 is 1.48 bits per heavy atom. The molecular formula is C16H19NO4. The van der Waals surface area contributed by atoms with Gasteiger partial charge in [-0.1, -0.05) is 12.1 Å². The smallest absolute Gasteiger partial charge is 0.311 e. The zero-order chi connectivity index (χ0) is 15.0. The Bertz CT molecular complexity index is 585. The first kappa shape index (κ1) is 14.1. The number of carbonyl (C=O) groups excluding carboxylic acids is 1. The number of fused-ring (bicyclic) bond motifs is 1. The number of ketones is 1. The number of nitrogens with zero attached hydrogens (tertiary/aromatic N) is 1. The molecule has 21 heavy (non-hydrogen) atoms. The molecule has 1 heterocycles. The number of piperidine rings is 1. The molecule has 1 aliphatic carbocycles. The van der Waals surface area contributed by atoms with Crippen LogP contribution in [-0.2, 0) is 4.79 Å². The van der Waals surface area contributed by atoms with E-state index in [0.29, 0.717) is 23.8 Å². The SMILES string of the molecule is COc1cccc(C(=O)CN2CCC3CC3(C(=O)O)C2)c1. The van der Waals surface area contributed by atoms with Crippen molar-refractivity contribution in [3.8, 4) is 5.75 Å². The van der Waals surface area contributed by atoms with Crippen LogP contribution in [0.2, 0.25) is 0 Å². The molecule has 0 spiro atoms. The summed E-state index contributed by atoms with van der Waals surface area (Å²) in [5.74, 6) is 0.251. The molecule has 2 fully saturated rings. The fraction of sp³-hybridized carbons (Fsp3) is 0.500. The third-order valence-electron chi connectivity index (χ3n) is 4.72. The molecular weight excluding hydrogens is 270 g/mol. The minimum absolute atomic E-state index is 0.00791. The molecule has 1 saturated heterocycles. The van der Waals surface area contributed by atoms with Gasteiger partial charge in [0.1, 0.15) is 5.75 Å². The molecule has 1 aromatic rings. The van der Waals surface area contributed by atoms with Crippen molar-refractivity contribution in [3.63, 3.8) is 0 Å². The van der Waals surface area contributed by atoms with Crippen molar-refractivity contribution in [2.75, 3.05) is 26.7 Å². The highest BCUT2D eigenvalue weighted by Gasteiger charge is 2.62. The Hall–Kier alpha value is -1.88. The lowest BCUT2D eigenvalue weighted by Gasteiger charge is -2.29. The van der Waals surface area contributed by atoms with Gasteiger partial charge >= 0.3 is 5.97 Å². The van der Waals surface area contributed by atoms with Crippen LogP contribution in [0.15, 0.2) is 24.3 Å². The number of carboxylic acid groups (broad SMARTS) is 1. The molecule has 0 radical (unpaired) electrons. The fourth-order valence-electron chi connectivity index (χ4n) is 3.32. The van der Waals surface area contributed by atoms with Crippen LogP contribution in [-0.4, -0.2) is 48.5 Å². The molecule has 1 N–H and O–H groups in total. The molecule has 0 aromatic heterocycles. The van der Waals surface area contributed by atoms with Gasteiger partial charge in [-0.3, -0.25) is 14.5 Å². The summed E-state index contributed by atoms with van der Waals surface area (Å²) in [4.78, 5) is 25.7. The average molecular weight is 289 g/mol. The maximum Gasteiger partial charge on any atom is 0.311 e. The normalized spacial score (nSPS) is 27.8. The number of Topliss-reactive ketones (excluding diaryl/α,β-unsaturated/α-hetero) is 1. The van der Waals surface area contributed by atoms with Crippen molar-refractivity contribution in [2.45, 2.75) is 12.8 Å². The van der Waals surface area contributed by atoms with E-state index in [1.165, 1.54) is 0 Å². The van der Waals surface area contributed by atoms with Gasteiger partial charge in [-0.15, -0.1) is 0 Å². The predicted molar refractivity (Wildman–Crippen MR) is 76.6 cm³/mol. The number of methoxy groups -OCH3 is 1. The van der Waals surface area contributed by atoms with Crippen molar-refractivity contribution >= 4 is 11.8 Å². The maximum atomic E-state index is 12.3. The van der Waals surface area contributed by atoms with Crippen molar-refractivity contribution < 1.29 is 19.4 Å². The van der Waals surface area contributed by atoms with E-state index >= 15 is 0 Å². The molecule has 2 aliphatic rings. The fourth-order valence-corrected chi connectivity index (χ4v) is 3.32. The van der Waals surface area contributed by atoms with Crippen molar-refractivity contribution in [3.05, 3.63) is 29.8 Å². The van der Waals surface area contributed by atoms with E-state index < -0.39 is 11.4 Å². The molecule has 1 saturated carbocycles. The lowest BCUT2D eigenvalue weighted by Crippen LogP contribution is -2.42. The van der Waals surface area contributed by atoms with Crippen LogP contribution in [0.3, 0.4) is 0 Å². The van der Waals surface area contributed by atoms with Gasteiger partial charge in [-0.05, 0) is 37.4 Å². The molecule has 5 nitrogen and oxygen atoms in total. The van der Waals surface area contributed by atoms with Crippen molar-refractivity contribution in [1.29, 1.82) is 0 Å². The zero-order valence-corrected chi connectivity index (χ0v) is 12.0. The third kappa shape index (κ3) is 2.53. The van der Waals surface area contributed by atoms with E-state index in [2.05, 4.69) is 0 Å². The number of ether oxygens (including phenoxy) is 1. The number of hydrogen-bond acceptors (Lipinski definition) is 4. The van der Waals surface area contributed by atoms with Gasteiger partial charge in [0.25, 0.3) is 0 Å². The Balaban J connectivity index is 1.66. The summed E-state index contributed by atoms with van der Waals surface area (Å²) in [5, 5.41) is 9.35. The number of carbonyl (C=O) groups is 2. The molecule has 2 unspecified atom stereocenters. The Morgan fingerprint density at radius 2 is 2.29 bits per heavy atom. The highest BCUT2D eigenvalue weighted by atomic mass is 16.5. The summed E-state index contributed by atoms with van der Waals surface area (Å²) >= 11 is 0. The lowest BCUT2D eigenvalue weighted by atomic mass is 9.97. The van der Waals surface area contributed by atoms with E-state index in [4.69, 9.17) is 4.74 Å². The van der Waals surface area contributed by atoms with Crippen LogP contribution in [0.5, 0.6) is 5.75 Å². The van der Waals surface area contributed by atoms with Gasteiger partial charge in [0.2, 0.25) is 0 Å². The highest BCUT2D eigenvalue weighted by Crippen LogP contribution is 2.57. The monoisotopic (exact) mass is 289 g/mol. The average Bonchev–Trinajstić information content (AvgIpc) is 3.22. The van der Waals surface area contributed by atoms with Gasteiger partial charge in [0, 0.05) is 12.1 Å². The second-order valence-corrected chi connectivity index (χ2v) is 6.02. The summed E-state index contributed by atoms with van der Waals surface area (Å²) in [6.45, 7) is 1.56. The van der Waals surface area contributed by atoms with Gasteiger partial charge < -0.3 is 9.84 Å². The van der Waals surface area contributed by atoms with Gasteiger partial charge in [0.05, 0.1) is 19.1 Å². The van der Waals surface area contributed by atoms with E-state index in [0.717, 1.165) is 19.4 Å². The van der Waals surface area contributed by atoms with Crippen LogP contribution in [0.1, 0.15) is 23.2 Å². The van der Waals surface area contributed by atoms with Gasteiger partial charge in [0.15, 0.2) is 5.78 Å². The van der Waals surface area contributed by atoms with Crippen LogP contribution in [0, 0.1) is 11.3 Å². The van der Waals surface area contributed by atoms with Crippen LogP contribution in [0.25, 0.3) is 0 Å². The predicted octanol–water partition coefficient (Wildman–Crippen LogP) is 1.67. The van der Waals surface area contributed by atoms with E-state index in [9.17, 15) is 14.7 Å². The topological polar surface area (TPSA) is 66.8 Å². The van der Waals surface area contributed by atoms with Crippen LogP contribution >= 0.6 is 0 Å². The summed E-state index contributed by atoms with van der Waals surface area (Å²) in [6, 6.07) is 7.07. The number of hydrogen-bond donors (Lipinski definition) is 1. The Labute approximate surface area is 123 Å². The highest BCUT2D eigenvalue weighted by molar-refractivity contribution is 5.98. The van der Waals surface area contributed by atoms with Crippen LogP contribution < -0.4 is 4.74 Å². The number of likely N-dealkylation sites (tertiary alicyclic amines) is 1. The molecule has 112 valence electrons. The molecule has 2 atom stereocenters. The summed E-state index contributed by atoms with van der Waals surface area (Å²) in [6.07, 6.45) is 1.63. The van der Waals surface area contributed by atoms with Crippen LogP contribution in [0.4, 0.5) is 0 Å². The zero-order valence-electron chi connectivity index (χ0n) is 12.0. The Kier molecular flexibility index (Phi) is 3.45. The molecule has 1 aromatic carbocycles. The summed E-state index contributed by atoms with van der Waals surface area (Å²) in [5.41, 5.74) is 0.0176. The largest absolute Gasteiger partial charge is 0.497 e. The van der Waals surface area contributed by atoms with Crippen molar-refractivity contribution in [1.82, 2.24) is 4.90 Å². The van der Waals surface area contributed by atoms with E-state index in [-0.39, 0.29) is 12.3 Å². The molecule has 3 rings (SSSR count). The third-order valence-corrected chi connectivity index (χ3v) is 4.72. The molecule has 0 amide bonds. The second-order valence-electron chi connectivity index (χ2n) is 6.02. The van der Waals surface area contributed by atoms with Crippen molar-refractivity contribution in [2.24, 2.45) is 11.3 Å². The summed E-state index contributed by atoms with van der Waals surface area (Å²) < 4.78 is 5.12. The first-order chi connectivity index (χ1) is 10.0. The molecule has 1 aliphatic heterocycles. The first-order valence-corrected chi connectivity index (χ1v) is 7.18. The number of rotatable bonds is 5. The Morgan fingerprint density at radius 3 is 3.00 bits per heavy atom. The maximum absolute atomic E-state index is 12.3. The number of aliphatic carboxylic acids is 1. The minimum atomic E-state index is -0.717. The minimum Gasteiger partial charge on any atom is -0.497 e. The molecule has 5 heteroatoms. The molecule has 0 bridgehead atoms. The number of benzene rings is 1. The second kappa shape index (κ2) is 5.15. The van der Waals surface area contributed by atoms with Gasteiger partial charge in [-0.25, -0.2) is 0 Å². The van der Waals surface area contributed by atoms with Gasteiger partial charge in [-0.2, -0.15) is 0 Å². The lowest BCUT2D eigenvalue weighted by molar-refractivity contribution is -0.145. The van der Waals surface area contributed by atoms with E-state index in [1.54, 1.807) is 31.4 Å². The quantitative estimate of drug-likeness (QED) is 0.835. The first-order valence-electron chi connectivity index (χ1n) is 7.18.